The number of rotatable bonds is 5. The summed E-state index contributed by atoms with van der Waals surface area (Å²) in [7, 11) is -3.63. The van der Waals surface area contributed by atoms with Crippen LogP contribution in [0.1, 0.15) is 29.2 Å². The van der Waals surface area contributed by atoms with E-state index in [0.29, 0.717) is 43.9 Å². The van der Waals surface area contributed by atoms with E-state index in [4.69, 9.17) is 4.52 Å². The molecule has 0 radical (unpaired) electrons. The molecule has 1 fully saturated rings. The van der Waals surface area contributed by atoms with Gasteiger partial charge in [-0.25, -0.2) is 8.42 Å². The van der Waals surface area contributed by atoms with E-state index >= 15 is 0 Å². The number of nitrogens with zero attached hydrogens (tertiary/aromatic N) is 2. The first-order chi connectivity index (χ1) is 11.9. The van der Waals surface area contributed by atoms with Crippen molar-refractivity contribution >= 4 is 27.3 Å². The lowest BCUT2D eigenvalue weighted by molar-refractivity contribution is -0.126. The Morgan fingerprint density at radius 1 is 1.40 bits per heavy atom. The Morgan fingerprint density at radius 2 is 2.12 bits per heavy atom. The molecule has 3 heterocycles. The number of hydrogen-bond acceptors (Lipinski definition) is 6. The fourth-order valence-corrected chi connectivity index (χ4v) is 5.47. The smallest absolute Gasteiger partial charge is 0.248 e. The van der Waals surface area contributed by atoms with E-state index in [1.54, 1.807) is 25.2 Å². The summed E-state index contributed by atoms with van der Waals surface area (Å²) in [6, 6.07) is 3.92. The van der Waals surface area contributed by atoms with E-state index < -0.39 is 10.0 Å². The van der Waals surface area contributed by atoms with Crippen LogP contribution in [0.25, 0.3) is 0 Å². The molecule has 2 aromatic rings. The average molecular weight is 383 g/mol. The standard InChI is InChI=1S/C16H21N3O4S2/c1-11-15(12(2)23-18-11)25(21,22)19-7-5-13(6-8-19)16(20)17-10-14-4-3-9-24-14/h3-4,9,13H,5-8,10H2,1-2H3,(H,17,20). The zero-order chi connectivity index (χ0) is 18.0. The maximum atomic E-state index is 12.8. The van der Waals surface area contributed by atoms with Gasteiger partial charge in [0.25, 0.3) is 0 Å². The molecule has 1 N–H and O–H groups in total. The quantitative estimate of drug-likeness (QED) is 0.853. The van der Waals surface area contributed by atoms with Gasteiger partial charge in [-0.15, -0.1) is 11.3 Å². The van der Waals surface area contributed by atoms with Gasteiger partial charge in [-0.2, -0.15) is 4.31 Å². The molecule has 1 amide bonds. The second kappa shape index (κ2) is 7.27. The Labute approximate surface area is 151 Å². The molecule has 2 aromatic heterocycles. The van der Waals surface area contributed by atoms with Crippen LogP contribution in [-0.4, -0.2) is 36.9 Å². The number of carbonyl (C=O) groups excluding carboxylic acids is 1. The molecule has 0 aromatic carbocycles. The lowest BCUT2D eigenvalue weighted by Crippen LogP contribution is -2.43. The van der Waals surface area contributed by atoms with Gasteiger partial charge in [0.15, 0.2) is 5.76 Å². The first-order valence-corrected chi connectivity index (χ1v) is 10.4. The molecule has 0 bridgehead atoms. The summed E-state index contributed by atoms with van der Waals surface area (Å²) in [5, 5.41) is 8.63. The van der Waals surface area contributed by atoms with Gasteiger partial charge in [0.1, 0.15) is 10.6 Å². The van der Waals surface area contributed by atoms with Crippen LogP contribution in [0.5, 0.6) is 0 Å². The summed E-state index contributed by atoms with van der Waals surface area (Å²) < 4.78 is 31.9. The minimum absolute atomic E-state index is 0.0113. The lowest BCUT2D eigenvalue weighted by Gasteiger charge is -2.30. The molecule has 0 aliphatic carbocycles. The van der Waals surface area contributed by atoms with Gasteiger partial charge in [0.2, 0.25) is 15.9 Å². The van der Waals surface area contributed by atoms with E-state index in [1.807, 2.05) is 17.5 Å². The van der Waals surface area contributed by atoms with Crippen molar-refractivity contribution in [2.24, 2.45) is 5.92 Å². The minimum Gasteiger partial charge on any atom is -0.360 e. The highest BCUT2D eigenvalue weighted by molar-refractivity contribution is 7.89. The number of aryl methyl sites for hydroxylation is 2. The maximum absolute atomic E-state index is 12.8. The molecular formula is C16H21N3O4S2. The van der Waals surface area contributed by atoms with Crippen molar-refractivity contribution in [3.05, 3.63) is 33.8 Å². The molecule has 1 saturated heterocycles. The Bertz CT molecular complexity index is 815. The number of piperidine rings is 1. The van der Waals surface area contributed by atoms with Crippen molar-refractivity contribution in [3.8, 4) is 0 Å². The van der Waals surface area contributed by atoms with Crippen LogP contribution >= 0.6 is 11.3 Å². The van der Waals surface area contributed by atoms with E-state index in [-0.39, 0.29) is 16.7 Å². The second-order valence-electron chi connectivity index (χ2n) is 6.13. The van der Waals surface area contributed by atoms with Crippen LogP contribution in [0.4, 0.5) is 0 Å². The number of aromatic nitrogens is 1. The summed E-state index contributed by atoms with van der Waals surface area (Å²) in [6.45, 7) is 4.38. The molecule has 0 unspecified atom stereocenters. The highest BCUT2D eigenvalue weighted by atomic mass is 32.2. The molecule has 0 saturated carbocycles. The van der Waals surface area contributed by atoms with E-state index in [2.05, 4.69) is 10.5 Å². The molecule has 1 aliphatic rings. The number of amides is 1. The monoisotopic (exact) mass is 383 g/mol. The third-order valence-corrected chi connectivity index (χ3v) is 7.43. The summed E-state index contributed by atoms with van der Waals surface area (Å²) in [5.41, 5.74) is 0.369. The number of hydrogen-bond donors (Lipinski definition) is 1. The molecule has 0 spiro atoms. The van der Waals surface area contributed by atoms with Crippen LogP contribution in [-0.2, 0) is 21.4 Å². The van der Waals surface area contributed by atoms with Crippen LogP contribution in [0.3, 0.4) is 0 Å². The zero-order valence-corrected chi connectivity index (χ0v) is 15.8. The second-order valence-corrected chi connectivity index (χ2v) is 9.04. The Hall–Kier alpha value is -1.71. The predicted molar refractivity (Wildman–Crippen MR) is 93.6 cm³/mol. The van der Waals surface area contributed by atoms with Gasteiger partial charge in [-0.3, -0.25) is 4.79 Å². The van der Waals surface area contributed by atoms with Gasteiger partial charge in [-0.05, 0) is 38.1 Å². The normalized spacial score (nSPS) is 16.9. The van der Waals surface area contributed by atoms with Crippen LogP contribution in [0.2, 0.25) is 0 Å². The number of nitrogens with one attached hydrogen (secondary N) is 1. The van der Waals surface area contributed by atoms with Crippen molar-refractivity contribution in [3.63, 3.8) is 0 Å². The van der Waals surface area contributed by atoms with Gasteiger partial charge in [0, 0.05) is 23.9 Å². The predicted octanol–water partition coefficient (Wildman–Crippen LogP) is 2.07. The van der Waals surface area contributed by atoms with Crippen LogP contribution < -0.4 is 5.32 Å². The summed E-state index contributed by atoms with van der Waals surface area (Å²) in [6.07, 6.45) is 1.03. The molecule has 136 valence electrons. The van der Waals surface area contributed by atoms with Crippen molar-refractivity contribution in [1.29, 1.82) is 0 Å². The third kappa shape index (κ3) is 3.78. The molecule has 1 aliphatic heterocycles. The molecule has 3 rings (SSSR count). The first-order valence-electron chi connectivity index (χ1n) is 8.12. The van der Waals surface area contributed by atoms with Gasteiger partial charge in [-0.1, -0.05) is 11.2 Å². The Morgan fingerprint density at radius 3 is 2.68 bits per heavy atom. The highest BCUT2D eigenvalue weighted by Crippen LogP contribution is 2.27. The maximum Gasteiger partial charge on any atom is 0.248 e. The van der Waals surface area contributed by atoms with Crippen molar-refractivity contribution in [1.82, 2.24) is 14.8 Å². The topological polar surface area (TPSA) is 92.5 Å². The molecule has 25 heavy (non-hydrogen) atoms. The summed E-state index contributed by atoms with van der Waals surface area (Å²) >= 11 is 1.60. The number of thiophene rings is 1. The third-order valence-electron chi connectivity index (χ3n) is 4.41. The van der Waals surface area contributed by atoms with Crippen molar-refractivity contribution < 1.29 is 17.7 Å². The molecule has 9 heteroatoms. The largest absolute Gasteiger partial charge is 0.360 e. The zero-order valence-electron chi connectivity index (χ0n) is 14.2. The van der Waals surface area contributed by atoms with Gasteiger partial charge in [0.05, 0.1) is 6.54 Å². The van der Waals surface area contributed by atoms with Crippen LogP contribution in [0.15, 0.2) is 26.9 Å². The Balaban J connectivity index is 1.59. The average Bonchev–Trinajstić information content (AvgIpc) is 3.22. The summed E-state index contributed by atoms with van der Waals surface area (Å²) in [4.78, 5) is 13.5. The van der Waals surface area contributed by atoms with Crippen molar-refractivity contribution in [2.45, 2.75) is 38.1 Å². The molecular weight excluding hydrogens is 362 g/mol. The lowest BCUT2D eigenvalue weighted by atomic mass is 9.97. The first kappa shape index (κ1) is 18.1. The van der Waals surface area contributed by atoms with E-state index in [1.165, 1.54) is 4.31 Å². The molecule has 0 atom stereocenters. The number of carbonyl (C=O) groups is 1. The van der Waals surface area contributed by atoms with E-state index in [9.17, 15) is 13.2 Å². The van der Waals surface area contributed by atoms with Crippen molar-refractivity contribution in [2.75, 3.05) is 13.1 Å². The summed E-state index contributed by atoms with van der Waals surface area (Å²) in [5.74, 6) is 0.132. The van der Waals surface area contributed by atoms with Gasteiger partial charge < -0.3 is 9.84 Å². The fourth-order valence-electron chi connectivity index (χ4n) is 3.06. The highest BCUT2D eigenvalue weighted by Gasteiger charge is 2.35. The Kier molecular flexibility index (Phi) is 5.26. The van der Waals surface area contributed by atoms with Gasteiger partial charge >= 0.3 is 0 Å². The minimum atomic E-state index is -3.63. The fraction of sp³-hybridized carbons (Fsp3) is 0.500. The number of sulfonamides is 1. The SMILES string of the molecule is Cc1noc(C)c1S(=O)(=O)N1CCC(C(=O)NCc2cccs2)CC1. The van der Waals surface area contributed by atoms with E-state index in [0.717, 1.165) is 4.88 Å². The van der Waals surface area contributed by atoms with Crippen LogP contribution in [0, 0.1) is 19.8 Å². The molecule has 7 nitrogen and oxygen atoms in total.